The molecule has 0 unspecified atom stereocenters. The van der Waals surface area contributed by atoms with Gasteiger partial charge in [0.1, 0.15) is 5.82 Å². The van der Waals surface area contributed by atoms with Gasteiger partial charge in [-0.1, -0.05) is 6.07 Å². The van der Waals surface area contributed by atoms with Crippen molar-refractivity contribution < 1.29 is 0 Å². The van der Waals surface area contributed by atoms with Gasteiger partial charge < -0.3 is 9.47 Å². The second-order valence-electron chi connectivity index (χ2n) is 4.32. The molecule has 0 aliphatic heterocycles. The number of imidazole rings is 1. The van der Waals surface area contributed by atoms with Crippen LogP contribution >= 0.6 is 0 Å². The van der Waals surface area contributed by atoms with Gasteiger partial charge in [0.05, 0.1) is 17.6 Å². The van der Waals surface area contributed by atoms with Crippen LogP contribution in [-0.4, -0.2) is 28.5 Å². The molecule has 2 aromatic rings. The summed E-state index contributed by atoms with van der Waals surface area (Å²) in [5, 5.41) is 0. The molecule has 1 heterocycles. The van der Waals surface area contributed by atoms with E-state index < -0.39 is 0 Å². The van der Waals surface area contributed by atoms with E-state index in [0.717, 1.165) is 17.9 Å². The number of fused-ring (bicyclic) bond motifs is 1. The van der Waals surface area contributed by atoms with Crippen LogP contribution in [0.5, 0.6) is 0 Å². The number of hydrogen-bond acceptors (Lipinski definition) is 2. The lowest BCUT2D eigenvalue weighted by Gasteiger charge is -2.08. The van der Waals surface area contributed by atoms with Crippen molar-refractivity contribution in [3.63, 3.8) is 0 Å². The smallest absolute Gasteiger partial charge is 0.123 e. The van der Waals surface area contributed by atoms with Crippen LogP contribution in [0, 0.1) is 6.92 Å². The molecular weight excluding hydrogens is 186 g/mol. The minimum absolute atomic E-state index is 0.879. The lowest BCUT2D eigenvalue weighted by molar-refractivity contribution is 0.386. The molecule has 3 heteroatoms. The van der Waals surface area contributed by atoms with Crippen molar-refractivity contribution in [3.8, 4) is 0 Å². The number of hydrogen-bond donors (Lipinski definition) is 0. The standard InChI is InChI=1S/C12H17N3/c1-9-5-6-10-11(7-9)15(4)12(13-10)8-14(2)3/h5-7H,8H2,1-4H3. The second kappa shape index (κ2) is 3.66. The number of aryl methyl sites for hydroxylation is 2. The third kappa shape index (κ3) is 1.88. The van der Waals surface area contributed by atoms with Crippen LogP contribution in [-0.2, 0) is 13.6 Å². The molecule has 0 aliphatic carbocycles. The normalized spacial score (nSPS) is 11.5. The molecule has 3 nitrogen and oxygen atoms in total. The largest absolute Gasteiger partial charge is 0.330 e. The van der Waals surface area contributed by atoms with E-state index in [9.17, 15) is 0 Å². The van der Waals surface area contributed by atoms with E-state index in [1.54, 1.807) is 0 Å². The molecule has 0 fully saturated rings. The molecule has 80 valence electrons. The Kier molecular flexibility index (Phi) is 2.49. The van der Waals surface area contributed by atoms with Gasteiger partial charge in [-0.15, -0.1) is 0 Å². The number of rotatable bonds is 2. The van der Waals surface area contributed by atoms with Gasteiger partial charge in [-0.2, -0.15) is 0 Å². The molecule has 0 N–H and O–H groups in total. The van der Waals surface area contributed by atoms with Crippen LogP contribution in [0.1, 0.15) is 11.4 Å². The Labute approximate surface area is 90.3 Å². The SMILES string of the molecule is Cc1ccc2nc(CN(C)C)n(C)c2c1. The van der Waals surface area contributed by atoms with Crippen molar-refractivity contribution in [3.05, 3.63) is 29.6 Å². The Morgan fingerprint density at radius 2 is 2.07 bits per heavy atom. The Morgan fingerprint density at radius 1 is 1.33 bits per heavy atom. The van der Waals surface area contributed by atoms with Gasteiger partial charge in [0, 0.05) is 7.05 Å². The van der Waals surface area contributed by atoms with Gasteiger partial charge in [-0.3, -0.25) is 0 Å². The molecule has 0 bridgehead atoms. The van der Waals surface area contributed by atoms with Crippen LogP contribution in [0.4, 0.5) is 0 Å². The Bertz CT molecular complexity index is 483. The highest BCUT2D eigenvalue weighted by Crippen LogP contribution is 2.16. The molecule has 0 radical (unpaired) electrons. The molecular formula is C12H17N3. The van der Waals surface area contributed by atoms with Gasteiger partial charge in [0.2, 0.25) is 0 Å². The number of aromatic nitrogens is 2. The van der Waals surface area contributed by atoms with E-state index in [-0.39, 0.29) is 0 Å². The van der Waals surface area contributed by atoms with Gasteiger partial charge in [0.25, 0.3) is 0 Å². The molecule has 1 aromatic carbocycles. The van der Waals surface area contributed by atoms with Crippen molar-refractivity contribution >= 4 is 11.0 Å². The van der Waals surface area contributed by atoms with E-state index in [1.807, 2.05) is 0 Å². The maximum Gasteiger partial charge on any atom is 0.123 e. The summed E-state index contributed by atoms with van der Waals surface area (Å²) in [7, 11) is 6.20. The predicted molar refractivity (Wildman–Crippen MR) is 62.8 cm³/mol. The molecule has 1 aromatic heterocycles. The van der Waals surface area contributed by atoms with Crippen LogP contribution in [0.3, 0.4) is 0 Å². The second-order valence-corrected chi connectivity index (χ2v) is 4.32. The maximum absolute atomic E-state index is 4.61. The monoisotopic (exact) mass is 203 g/mol. The fraction of sp³-hybridized carbons (Fsp3) is 0.417. The molecule has 2 rings (SSSR count). The summed E-state index contributed by atoms with van der Waals surface area (Å²) in [5.41, 5.74) is 3.58. The highest BCUT2D eigenvalue weighted by molar-refractivity contribution is 5.76. The van der Waals surface area contributed by atoms with Crippen molar-refractivity contribution in [1.29, 1.82) is 0 Å². The van der Waals surface area contributed by atoms with Crippen LogP contribution in [0.2, 0.25) is 0 Å². The third-order valence-electron chi connectivity index (χ3n) is 2.59. The summed E-state index contributed by atoms with van der Waals surface area (Å²) in [6, 6.07) is 6.38. The van der Waals surface area contributed by atoms with E-state index in [2.05, 4.69) is 60.7 Å². The Hall–Kier alpha value is -1.35. The average Bonchev–Trinajstić information content (AvgIpc) is 2.44. The molecule has 0 saturated carbocycles. The molecule has 0 saturated heterocycles. The fourth-order valence-electron chi connectivity index (χ4n) is 1.77. The summed E-state index contributed by atoms with van der Waals surface area (Å²) >= 11 is 0. The zero-order valence-corrected chi connectivity index (χ0v) is 9.78. The summed E-state index contributed by atoms with van der Waals surface area (Å²) in [5.74, 6) is 1.11. The topological polar surface area (TPSA) is 21.1 Å². The van der Waals surface area contributed by atoms with E-state index in [4.69, 9.17) is 0 Å². The highest BCUT2D eigenvalue weighted by atomic mass is 15.1. The molecule has 0 amide bonds. The van der Waals surface area contributed by atoms with Crippen LogP contribution < -0.4 is 0 Å². The fourth-order valence-corrected chi connectivity index (χ4v) is 1.77. The summed E-state index contributed by atoms with van der Waals surface area (Å²) < 4.78 is 2.17. The van der Waals surface area contributed by atoms with E-state index in [1.165, 1.54) is 11.1 Å². The molecule has 0 aliphatic rings. The first-order chi connectivity index (χ1) is 7.08. The lowest BCUT2D eigenvalue weighted by atomic mass is 10.2. The molecule has 15 heavy (non-hydrogen) atoms. The Morgan fingerprint density at radius 3 is 2.73 bits per heavy atom. The van der Waals surface area contributed by atoms with Crippen molar-refractivity contribution in [1.82, 2.24) is 14.5 Å². The van der Waals surface area contributed by atoms with Crippen molar-refractivity contribution in [2.75, 3.05) is 14.1 Å². The predicted octanol–water partition coefficient (Wildman–Crippen LogP) is 1.94. The first-order valence-corrected chi connectivity index (χ1v) is 5.14. The summed E-state index contributed by atoms with van der Waals surface area (Å²) in [6.45, 7) is 2.99. The highest BCUT2D eigenvalue weighted by Gasteiger charge is 2.07. The van der Waals surface area contributed by atoms with Gasteiger partial charge in [0.15, 0.2) is 0 Å². The zero-order valence-electron chi connectivity index (χ0n) is 9.78. The lowest BCUT2D eigenvalue weighted by Crippen LogP contribution is -2.14. The van der Waals surface area contributed by atoms with Crippen LogP contribution in [0.15, 0.2) is 18.2 Å². The first-order valence-electron chi connectivity index (χ1n) is 5.14. The molecule has 0 atom stereocenters. The minimum atomic E-state index is 0.879. The van der Waals surface area contributed by atoms with E-state index >= 15 is 0 Å². The quantitative estimate of drug-likeness (QED) is 0.743. The van der Waals surface area contributed by atoms with Crippen LogP contribution in [0.25, 0.3) is 11.0 Å². The third-order valence-corrected chi connectivity index (χ3v) is 2.59. The zero-order chi connectivity index (χ0) is 11.0. The molecule has 0 spiro atoms. The van der Waals surface area contributed by atoms with Crippen molar-refractivity contribution in [2.45, 2.75) is 13.5 Å². The summed E-state index contributed by atoms with van der Waals surface area (Å²) in [4.78, 5) is 6.75. The van der Waals surface area contributed by atoms with Gasteiger partial charge >= 0.3 is 0 Å². The van der Waals surface area contributed by atoms with E-state index in [0.29, 0.717) is 0 Å². The average molecular weight is 203 g/mol. The minimum Gasteiger partial charge on any atom is -0.330 e. The van der Waals surface area contributed by atoms with Crippen molar-refractivity contribution in [2.24, 2.45) is 7.05 Å². The number of benzene rings is 1. The van der Waals surface area contributed by atoms with Gasteiger partial charge in [-0.05, 0) is 38.7 Å². The maximum atomic E-state index is 4.61. The summed E-state index contributed by atoms with van der Waals surface area (Å²) in [6.07, 6.45) is 0. The van der Waals surface area contributed by atoms with Gasteiger partial charge in [-0.25, -0.2) is 4.98 Å². The first kappa shape index (κ1) is 10.2. The Balaban J connectivity index is 2.54. The number of nitrogens with zero attached hydrogens (tertiary/aromatic N) is 3.